The molecule has 0 aliphatic heterocycles. The SMILES string of the molecule is O=[N+]([O-])c1ccccc1C(O)(C=Cc1ccccc1)C(F)(F)F. The van der Waals surface area contributed by atoms with Crippen molar-refractivity contribution >= 4 is 11.8 Å². The van der Waals surface area contributed by atoms with Gasteiger partial charge in [-0.2, -0.15) is 13.2 Å². The van der Waals surface area contributed by atoms with Crippen LogP contribution in [0.1, 0.15) is 11.1 Å². The molecule has 0 radical (unpaired) electrons. The number of hydrogen-bond donors (Lipinski definition) is 1. The molecule has 1 unspecified atom stereocenters. The lowest BCUT2D eigenvalue weighted by Crippen LogP contribution is -2.40. The zero-order valence-electron chi connectivity index (χ0n) is 11.7. The van der Waals surface area contributed by atoms with Crippen molar-refractivity contribution in [3.05, 3.63) is 81.9 Å². The molecule has 0 spiro atoms. The number of benzene rings is 2. The molecule has 0 saturated heterocycles. The van der Waals surface area contributed by atoms with Gasteiger partial charge in [0.1, 0.15) is 0 Å². The normalized spacial score (nSPS) is 14.6. The molecule has 0 fully saturated rings. The fourth-order valence-electron chi connectivity index (χ4n) is 2.07. The number of aliphatic hydroxyl groups is 1. The highest BCUT2D eigenvalue weighted by Gasteiger charge is 2.55. The minimum atomic E-state index is -5.12. The minimum absolute atomic E-state index is 0.425. The highest BCUT2D eigenvalue weighted by molar-refractivity contribution is 5.55. The van der Waals surface area contributed by atoms with Crippen molar-refractivity contribution in [3.63, 3.8) is 0 Å². The molecular formula is C16H12F3NO3. The van der Waals surface area contributed by atoms with Gasteiger partial charge in [0.05, 0.1) is 10.5 Å². The standard InChI is InChI=1S/C16H12F3NO3/c17-16(18,19)15(21,11-10-12-6-2-1-3-7-12)13-8-4-5-9-14(13)20(22)23/h1-11,21H. The van der Waals surface area contributed by atoms with Gasteiger partial charge in [0, 0.05) is 6.07 Å². The van der Waals surface area contributed by atoms with Crippen molar-refractivity contribution in [2.24, 2.45) is 0 Å². The van der Waals surface area contributed by atoms with Crippen molar-refractivity contribution in [3.8, 4) is 0 Å². The molecule has 0 saturated carbocycles. The molecule has 2 rings (SSSR count). The summed E-state index contributed by atoms with van der Waals surface area (Å²) in [5, 5.41) is 21.2. The van der Waals surface area contributed by atoms with Gasteiger partial charge in [-0.1, -0.05) is 48.5 Å². The maximum Gasteiger partial charge on any atom is 0.425 e. The summed E-state index contributed by atoms with van der Waals surface area (Å²) in [4.78, 5) is 10.0. The Kier molecular flexibility index (Phi) is 4.51. The molecule has 0 heterocycles. The van der Waals surface area contributed by atoms with Crippen LogP contribution >= 0.6 is 0 Å². The molecule has 0 aromatic heterocycles. The summed E-state index contributed by atoms with van der Waals surface area (Å²) in [5.41, 5.74) is -4.67. The summed E-state index contributed by atoms with van der Waals surface area (Å²) in [7, 11) is 0. The lowest BCUT2D eigenvalue weighted by molar-refractivity contribution is -0.388. The third-order valence-electron chi connectivity index (χ3n) is 3.26. The third-order valence-corrected chi connectivity index (χ3v) is 3.26. The van der Waals surface area contributed by atoms with Gasteiger partial charge in [-0.25, -0.2) is 0 Å². The van der Waals surface area contributed by atoms with Crippen molar-refractivity contribution in [1.29, 1.82) is 0 Å². The number of halogens is 3. The van der Waals surface area contributed by atoms with E-state index in [1.807, 2.05) is 0 Å². The van der Waals surface area contributed by atoms with Crippen LogP contribution < -0.4 is 0 Å². The molecule has 1 atom stereocenters. The van der Waals surface area contributed by atoms with E-state index in [0.717, 1.165) is 18.2 Å². The Hall–Kier alpha value is -2.67. The van der Waals surface area contributed by atoms with E-state index in [0.29, 0.717) is 11.6 Å². The van der Waals surface area contributed by atoms with E-state index in [9.17, 15) is 28.4 Å². The molecule has 0 aliphatic carbocycles. The Bertz CT molecular complexity index is 729. The molecule has 0 amide bonds. The molecule has 1 N–H and O–H groups in total. The minimum Gasteiger partial charge on any atom is -0.372 e. The Morgan fingerprint density at radius 2 is 1.57 bits per heavy atom. The fraction of sp³-hybridized carbons (Fsp3) is 0.125. The Balaban J connectivity index is 2.58. The van der Waals surface area contributed by atoms with Crippen LogP contribution in [0.25, 0.3) is 6.08 Å². The van der Waals surface area contributed by atoms with E-state index >= 15 is 0 Å². The maximum atomic E-state index is 13.4. The van der Waals surface area contributed by atoms with Gasteiger partial charge in [0.15, 0.2) is 0 Å². The number of alkyl halides is 3. The number of rotatable bonds is 4. The summed E-state index contributed by atoms with van der Waals surface area (Å²) in [6.07, 6.45) is -3.53. The molecule has 0 bridgehead atoms. The molecule has 7 heteroatoms. The van der Waals surface area contributed by atoms with Gasteiger partial charge in [-0.15, -0.1) is 0 Å². The molecule has 120 valence electrons. The number of para-hydroxylation sites is 1. The van der Waals surface area contributed by atoms with Gasteiger partial charge < -0.3 is 5.11 Å². The smallest absolute Gasteiger partial charge is 0.372 e. The summed E-state index contributed by atoms with van der Waals surface area (Å²) in [6.45, 7) is 0. The predicted molar refractivity (Wildman–Crippen MR) is 78.5 cm³/mol. The lowest BCUT2D eigenvalue weighted by atomic mass is 9.90. The van der Waals surface area contributed by atoms with Crippen LogP contribution in [0.4, 0.5) is 18.9 Å². The van der Waals surface area contributed by atoms with Gasteiger partial charge in [-0.3, -0.25) is 10.1 Å². The first-order valence-electron chi connectivity index (χ1n) is 6.53. The highest BCUT2D eigenvalue weighted by Crippen LogP contribution is 2.43. The summed E-state index contributed by atoms with van der Waals surface area (Å²) in [6, 6.07) is 12.3. The average Bonchev–Trinajstić information content (AvgIpc) is 2.52. The topological polar surface area (TPSA) is 63.4 Å². The third kappa shape index (κ3) is 3.40. The van der Waals surface area contributed by atoms with Crippen LogP contribution in [0.5, 0.6) is 0 Å². The molecule has 0 aliphatic rings. The quantitative estimate of drug-likeness (QED) is 0.682. The molecule has 23 heavy (non-hydrogen) atoms. The first-order valence-corrected chi connectivity index (χ1v) is 6.53. The molecule has 4 nitrogen and oxygen atoms in total. The van der Waals surface area contributed by atoms with Gasteiger partial charge in [0.2, 0.25) is 5.60 Å². The van der Waals surface area contributed by atoms with E-state index in [4.69, 9.17) is 0 Å². The molecule has 2 aromatic rings. The second kappa shape index (κ2) is 6.21. The number of nitro benzene ring substituents is 1. The van der Waals surface area contributed by atoms with Crippen LogP contribution in [0.2, 0.25) is 0 Å². The van der Waals surface area contributed by atoms with Crippen LogP contribution in [0.15, 0.2) is 60.7 Å². The first-order chi connectivity index (χ1) is 10.8. The van der Waals surface area contributed by atoms with Gasteiger partial charge >= 0.3 is 6.18 Å². The summed E-state index contributed by atoms with van der Waals surface area (Å²) in [5.74, 6) is 0. The highest BCUT2D eigenvalue weighted by atomic mass is 19.4. The van der Waals surface area contributed by atoms with Crippen molar-refractivity contribution in [1.82, 2.24) is 0 Å². The number of nitrogens with zero attached hydrogens (tertiary/aromatic N) is 1. The Morgan fingerprint density at radius 1 is 1.00 bits per heavy atom. The molecular weight excluding hydrogens is 311 g/mol. The van der Waals surface area contributed by atoms with E-state index in [2.05, 4.69) is 0 Å². The van der Waals surface area contributed by atoms with Gasteiger partial charge in [-0.05, 0) is 17.7 Å². The molecule has 2 aromatic carbocycles. The number of nitro groups is 1. The number of hydrogen-bond acceptors (Lipinski definition) is 3. The summed E-state index contributed by atoms with van der Waals surface area (Å²) < 4.78 is 40.2. The van der Waals surface area contributed by atoms with E-state index in [-0.39, 0.29) is 0 Å². The Morgan fingerprint density at radius 3 is 2.13 bits per heavy atom. The van der Waals surface area contributed by atoms with Crippen LogP contribution in [0, 0.1) is 10.1 Å². The second-order valence-electron chi connectivity index (χ2n) is 4.78. The zero-order chi connectivity index (χ0) is 17.1. The van der Waals surface area contributed by atoms with Crippen molar-refractivity contribution < 1.29 is 23.2 Å². The maximum absolute atomic E-state index is 13.4. The summed E-state index contributed by atoms with van der Waals surface area (Å²) >= 11 is 0. The predicted octanol–water partition coefficient (Wildman–Crippen LogP) is 4.06. The Labute approximate surface area is 129 Å². The van der Waals surface area contributed by atoms with Crippen molar-refractivity contribution in [2.75, 3.05) is 0 Å². The van der Waals surface area contributed by atoms with Gasteiger partial charge in [0.25, 0.3) is 5.69 Å². The second-order valence-corrected chi connectivity index (χ2v) is 4.78. The van der Waals surface area contributed by atoms with E-state index in [1.165, 1.54) is 12.1 Å². The van der Waals surface area contributed by atoms with Crippen molar-refractivity contribution in [2.45, 2.75) is 11.8 Å². The lowest BCUT2D eigenvalue weighted by Gasteiger charge is -2.27. The average molecular weight is 323 g/mol. The first kappa shape index (κ1) is 16.7. The monoisotopic (exact) mass is 323 g/mol. The van der Waals surface area contributed by atoms with Crippen LogP contribution in [-0.2, 0) is 5.60 Å². The van der Waals surface area contributed by atoms with E-state index in [1.54, 1.807) is 30.3 Å². The van der Waals surface area contributed by atoms with Crippen LogP contribution in [-0.4, -0.2) is 16.2 Å². The van der Waals surface area contributed by atoms with E-state index < -0.39 is 28.0 Å². The fourth-order valence-corrected chi connectivity index (χ4v) is 2.07. The largest absolute Gasteiger partial charge is 0.425 e. The van der Waals surface area contributed by atoms with Crippen LogP contribution in [0.3, 0.4) is 0 Å². The zero-order valence-corrected chi connectivity index (χ0v) is 11.7.